The highest BCUT2D eigenvalue weighted by Gasteiger charge is 2.19. The van der Waals surface area contributed by atoms with Gasteiger partial charge >= 0.3 is 5.97 Å². The van der Waals surface area contributed by atoms with Crippen molar-refractivity contribution < 1.29 is 19.0 Å². The second kappa shape index (κ2) is 3.75. The number of aromatic hydroxyl groups is 1. The zero-order valence-electron chi connectivity index (χ0n) is 7.24. The van der Waals surface area contributed by atoms with Crippen LogP contribution in [0, 0.1) is 17.1 Å². The van der Waals surface area contributed by atoms with E-state index in [-0.39, 0.29) is 5.56 Å². The smallest absolute Gasteiger partial charge is 0.343 e. The summed E-state index contributed by atoms with van der Waals surface area (Å²) in [7, 11) is 1.08. The zero-order chi connectivity index (χ0) is 10.7. The number of nitriles is 1. The number of nitrogens with zero attached hydrogens (tertiary/aromatic N) is 1. The minimum Gasteiger partial charge on any atom is -0.504 e. The van der Waals surface area contributed by atoms with Gasteiger partial charge in [0.2, 0.25) is 0 Å². The molecule has 0 unspecified atom stereocenters. The van der Waals surface area contributed by atoms with Crippen molar-refractivity contribution in [1.82, 2.24) is 0 Å². The van der Waals surface area contributed by atoms with Gasteiger partial charge in [0.05, 0.1) is 12.7 Å². The molecule has 0 aliphatic heterocycles. The molecule has 0 spiro atoms. The number of halogens is 1. The van der Waals surface area contributed by atoms with Crippen molar-refractivity contribution >= 4 is 5.97 Å². The van der Waals surface area contributed by atoms with Gasteiger partial charge < -0.3 is 9.84 Å². The first-order valence-electron chi connectivity index (χ1n) is 3.61. The molecule has 5 heteroatoms. The molecule has 0 aromatic heterocycles. The highest BCUT2D eigenvalue weighted by molar-refractivity contribution is 5.95. The number of hydrogen-bond donors (Lipinski definition) is 1. The number of rotatable bonds is 1. The van der Waals surface area contributed by atoms with E-state index in [1.807, 2.05) is 0 Å². The minimum absolute atomic E-state index is 0.129. The maximum Gasteiger partial charge on any atom is 0.343 e. The summed E-state index contributed by atoms with van der Waals surface area (Å²) in [6.45, 7) is 0. The van der Waals surface area contributed by atoms with Crippen molar-refractivity contribution in [2.24, 2.45) is 0 Å². The number of esters is 1. The Balaban J connectivity index is 3.45. The van der Waals surface area contributed by atoms with Crippen LogP contribution >= 0.6 is 0 Å². The zero-order valence-corrected chi connectivity index (χ0v) is 7.24. The van der Waals surface area contributed by atoms with Crippen LogP contribution in [0.25, 0.3) is 0 Å². The molecule has 0 aliphatic rings. The van der Waals surface area contributed by atoms with Gasteiger partial charge in [-0.2, -0.15) is 5.26 Å². The highest BCUT2D eigenvalue weighted by Crippen LogP contribution is 2.24. The Morgan fingerprint density at radius 1 is 1.64 bits per heavy atom. The molecule has 1 aromatic rings. The number of hydrogen-bond acceptors (Lipinski definition) is 4. The summed E-state index contributed by atoms with van der Waals surface area (Å²) >= 11 is 0. The number of carbonyl (C=O) groups excluding carboxylic acids is 1. The molecule has 4 nitrogen and oxygen atoms in total. The summed E-state index contributed by atoms with van der Waals surface area (Å²) in [6.07, 6.45) is 0. The number of phenols is 1. The van der Waals surface area contributed by atoms with E-state index in [1.54, 1.807) is 6.07 Å². The van der Waals surface area contributed by atoms with Crippen LogP contribution in [0.4, 0.5) is 4.39 Å². The van der Waals surface area contributed by atoms with Gasteiger partial charge in [0.25, 0.3) is 0 Å². The van der Waals surface area contributed by atoms with Crippen LogP contribution in [-0.4, -0.2) is 18.2 Å². The molecule has 0 saturated carbocycles. The van der Waals surface area contributed by atoms with Crippen molar-refractivity contribution in [2.75, 3.05) is 7.11 Å². The normalized spacial score (nSPS) is 9.21. The molecule has 0 bridgehead atoms. The van der Waals surface area contributed by atoms with Crippen LogP contribution in [0.15, 0.2) is 12.1 Å². The second-order valence-electron chi connectivity index (χ2n) is 2.42. The van der Waals surface area contributed by atoms with Gasteiger partial charge in [-0.3, -0.25) is 0 Å². The predicted molar refractivity (Wildman–Crippen MR) is 44.1 cm³/mol. The highest BCUT2D eigenvalue weighted by atomic mass is 19.1. The van der Waals surface area contributed by atoms with Gasteiger partial charge in [0, 0.05) is 0 Å². The molecule has 1 rings (SSSR count). The topological polar surface area (TPSA) is 70.3 Å². The Kier molecular flexibility index (Phi) is 2.67. The summed E-state index contributed by atoms with van der Waals surface area (Å²) < 4.78 is 17.1. The van der Waals surface area contributed by atoms with E-state index in [0.717, 1.165) is 19.2 Å². The predicted octanol–water partition coefficient (Wildman–Crippen LogP) is 1.19. The molecule has 0 radical (unpaired) electrons. The number of benzene rings is 1. The van der Waals surface area contributed by atoms with E-state index in [4.69, 9.17) is 5.26 Å². The molecule has 0 atom stereocenters. The Morgan fingerprint density at radius 3 is 2.79 bits per heavy atom. The lowest BCUT2D eigenvalue weighted by Crippen LogP contribution is -2.05. The van der Waals surface area contributed by atoms with Crippen molar-refractivity contribution in [1.29, 1.82) is 5.26 Å². The first-order chi connectivity index (χ1) is 6.61. The third kappa shape index (κ3) is 1.50. The van der Waals surface area contributed by atoms with Crippen LogP contribution in [0.2, 0.25) is 0 Å². The third-order valence-corrected chi connectivity index (χ3v) is 1.64. The van der Waals surface area contributed by atoms with Gasteiger partial charge in [0.1, 0.15) is 11.6 Å². The molecule has 0 heterocycles. The standard InChI is InChI=1S/C9H6FNO3/c1-14-9(13)7-5(4-11)2-3-6(10)8(7)12/h2-3,12H,1H3. The Labute approximate surface area is 79.2 Å². The van der Waals surface area contributed by atoms with Crippen LogP contribution < -0.4 is 0 Å². The molecular formula is C9H6FNO3. The van der Waals surface area contributed by atoms with E-state index in [0.29, 0.717) is 0 Å². The average molecular weight is 195 g/mol. The largest absolute Gasteiger partial charge is 0.504 e. The van der Waals surface area contributed by atoms with Gasteiger partial charge in [-0.1, -0.05) is 0 Å². The number of carbonyl (C=O) groups is 1. The molecule has 1 aromatic carbocycles. The lowest BCUT2D eigenvalue weighted by atomic mass is 10.1. The van der Waals surface area contributed by atoms with Gasteiger partial charge in [-0.25, -0.2) is 9.18 Å². The van der Waals surface area contributed by atoms with E-state index in [9.17, 15) is 14.3 Å². The van der Waals surface area contributed by atoms with Crippen LogP contribution in [0.1, 0.15) is 15.9 Å². The molecule has 0 fully saturated rings. The Morgan fingerprint density at radius 2 is 2.29 bits per heavy atom. The lowest BCUT2D eigenvalue weighted by Gasteiger charge is -2.04. The summed E-state index contributed by atoms with van der Waals surface area (Å²) in [5.74, 6) is -2.78. The van der Waals surface area contributed by atoms with Crippen molar-refractivity contribution in [3.05, 3.63) is 29.1 Å². The number of methoxy groups -OCH3 is 1. The molecule has 14 heavy (non-hydrogen) atoms. The van der Waals surface area contributed by atoms with Crippen molar-refractivity contribution in [2.45, 2.75) is 0 Å². The summed E-state index contributed by atoms with van der Waals surface area (Å²) in [5, 5.41) is 17.8. The summed E-state index contributed by atoms with van der Waals surface area (Å²) in [4.78, 5) is 11.1. The molecule has 0 aliphatic carbocycles. The maximum atomic E-state index is 12.8. The van der Waals surface area contributed by atoms with E-state index in [2.05, 4.69) is 4.74 Å². The number of ether oxygens (including phenoxy) is 1. The fourth-order valence-electron chi connectivity index (χ4n) is 0.968. The van der Waals surface area contributed by atoms with Crippen LogP contribution in [0.3, 0.4) is 0 Å². The molecule has 0 amide bonds. The first kappa shape index (κ1) is 9.99. The molecule has 72 valence electrons. The van der Waals surface area contributed by atoms with E-state index in [1.165, 1.54) is 0 Å². The van der Waals surface area contributed by atoms with Crippen molar-refractivity contribution in [3.8, 4) is 11.8 Å². The average Bonchev–Trinajstić information content (AvgIpc) is 2.20. The van der Waals surface area contributed by atoms with Gasteiger partial charge in [0.15, 0.2) is 11.6 Å². The number of phenolic OH excluding ortho intramolecular Hbond substituents is 1. The van der Waals surface area contributed by atoms with Crippen LogP contribution in [0.5, 0.6) is 5.75 Å². The SMILES string of the molecule is COC(=O)c1c(C#N)ccc(F)c1O. The second-order valence-corrected chi connectivity index (χ2v) is 2.42. The Hall–Kier alpha value is -2.09. The minimum atomic E-state index is -0.968. The summed E-state index contributed by atoms with van der Waals surface area (Å²) in [6, 6.07) is 3.65. The Bertz CT molecular complexity index is 423. The fraction of sp³-hybridized carbons (Fsp3) is 0.111. The molecular weight excluding hydrogens is 189 g/mol. The first-order valence-corrected chi connectivity index (χ1v) is 3.61. The monoisotopic (exact) mass is 195 g/mol. The molecule has 0 saturated heterocycles. The lowest BCUT2D eigenvalue weighted by molar-refractivity contribution is 0.0596. The van der Waals surface area contributed by atoms with Gasteiger partial charge in [-0.05, 0) is 12.1 Å². The maximum absolute atomic E-state index is 12.8. The van der Waals surface area contributed by atoms with E-state index < -0.39 is 23.1 Å². The van der Waals surface area contributed by atoms with Gasteiger partial charge in [-0.15, -0.1) is 0 Å². The summed E-state index contributed by atoms with van der Waals surface area (Å²) in [5.41, 5.74) is -0.578. The van der Waals surface area contributed by atoms with Crippen molar-refractivity contribution in [3.63, 3.8) is 0 Å². The third-order valence-electron chi connectivity index (χ3n) is 1.64. The van der Waals surface area contributed by atoms with E-state index >= 15 is 0 Å². The fourth-order valence-corrected chi connectivity index (χ4v) is 0.968. The van der Waals surface area contributed by atoms with Crippen LogP contribution in [-0.2, 0) is 4.74 Å². The molecule has 1 N–H and O–H groups in total. The quantitative estimate of drug-likeness (QED) is 0.683.